The smallest absolute Gasteiger partial charge is 0.230 e. The van der Waals surface area contributed by atoms with Crippen LogP contribution in [0.5, 0.6) is 0 Å². The van der Waals surface area contributed by atoms with E-state index < -0.39 is 20.8 Å². The highest BCUT2D eigenvalue weighted by atomic mass is 32.2. The summed E-state index contributed by atoms with van der Waals surface area (Å²) in [5, 5.41) is 0. The van der Waals surface area contributed by atoms with Crippen LogP contribution < -0.4 is 5.73 Å². The van der Waals surface area contributed by atoms with Crippen molar-refractivity contribution in [3.63, 3.8) is 0 Å². The number of nitrogens with two attached hydrogens (primary N) is 1. The molecule has 1 aliphatic rings. The fourth-order valence-corrected chi connectivity index (χ4v) is 3.08. The Morgan fingerprint density at radius 3 is 2.17 bits per heavy atom. The van der Waals surface area contributed by atoms with Crippen molar-refractivity contribution in [1.82, 2.24) is 4.90 Å². The molecule has 0 saturated carbocycles. The molecule has 0 aromatic heterocycles. The molecule has 1 rings (SSSR count). The van der Waals surface area contributed by atoms with Gasteiger partial charge in [0.2, 0.25) is 5.91 Å². The average Bonchev–Trinajstić information content (AvgIpc) is 2.36. The van der Waals surface area contributed by atoms with Gasteiger partial charge in [-0.15, -0.1) is 0 Å². The third kappa shape index (κ3) is 3.23. The van der Waals surface area contributed by atoms with E-state index in [0.29, 0.717) is 13.0 Å². The Morgan fingerprint density at radius 2 is 1.67 bits per heavy atom. The second kappa shape index (κ2) is 4.81. The SMILES string of the molecule is CC(C)(N)C(C)(C)C(=O)N1CCCS(=O)(=O)CC1. The van der Waals surface area contributed by atoms with Crippen LogP contribution in [0.4, 0.5) is 0 Å². The van der Waals surface area contributed by atoms with E-state index in [0.717, 1.165) is 0 Å². The summed E-state index contributed by atoms with van der Waals surface area (Å²) in [6.07, 6.45) is 0.509. The Morgan fingerprint density at radius 1 is 1.11 bits per heavy atom. The summed E-state index contributed by atoms with van der Waals surface area (Å²) in [6, 6.07) is 0. The molecule has 0 spiro atoms. The Labute approximate surface area is 110 Å². The van der Waals surface area contributed by atoms with E-state index in [1.807, 2.05) is 27.7 Å². The van der Waals surface area contributed by atoms with Crippen LogP contribution in [0.2, 0.25) is 0 Å². The standard InChI is InChI=1S/C12H24N2O3S/c1-11(2,12(3,4)13)10(15)14-6-5-8-18(16,17)9-7-14/h5-9,13H2,1-4H3. The van der Waals surface area contributed by atoms with Crippen molar-refractivity contribution in [1.29, 1.82) is 0 Å². The van der Waals surface area contributed by atoms with E-state index in [4.69, 9.17) is 5.73 Å². The maximum absolute atomic E-state index is 12.5. The molecule has 18 heavy (non-hydrogen) atoms. The molecule has 0 aromatic carbocycles. The van der Waals surface area contributed by atoms with Gasteiger partial charge in [0.1, 0.15) is 0 Å². The van der Waals surface area contributed by atoms with Crippen molar-refractivity contribution >= 4 is 15.7 Å². The van der Waals surface area contributed by atoms with Crippen LogP contribution in [0, 0.1) is 5.41 Å². The summed E-state index contributed by atoms with van der Waals surface area (Å²) in [6.45, 7) is 8.04. The van der Waals surface area contributed by atoms with Crippen LogP contribution >= 0.6 is 0 Å². The van der Waals surface area contributed by atoms with E-state index in [9.17, 15) is 13.2 Å². The van der Waals surface area contributed by atoms with Gasteiger partial charge in [0.05, 0.1) is 16.9 Å². The number of carbonyl (C=O) groups excluding carboxylic acids is 1. The molecule has 0 aliphatic carbocycles. The monoisotopic (exact) mass is 276 g/mol. The topological polar surface area (TPSA) is 80.5 Å². The summed E-state index contributed by atoms with van der Waals surface area (Å²) < 4.78 is 23.0. The largest absolute Gasteiger partial charge is 0.341 e. The minimum atomic E-state index is -2.99. The summed E-state index contributed by atoms with van der Waals surface area (Å²) in [5.74, 6) is 0.162. The molecule has 1 saturated heterocycles. The fraction of sp³-hybridized carbons (Fsp3) is 0.917. The predicted octanol–water partition coefficient (Wildman–Crippen LogP) is 0.397. The van der Waals surface area contributed by atoms with Crippen molar-refractivity contribution in [3.8, 4) is 0 Å². The zero-order chi connectivity index (χ0) is 14.2. The number of carbonyl (C=O) groups is 1. The zero-order valence-corrected chi connectivity index (χ0v) is 12.5. The fourth-order valence-electron chi connectivity index (χ4n) is 1.81. The summed E-state index contributed by atoms with van der Waals surface area (Å²) >= 11 is 0. The number of hydrogen-bond acceptors (Lipinski definition) is 4. The second-order valence-corrected chi connectivity index (χ2v) is 8.45. The van der Waals surface area contributed by atoms with E-state index in [-0.39, 0.29) is 24.0 Å². The summed E-state index contributed by atoms with van der Waals surface area (Å²) in [5.41, 5.74) is 4.70. The molecule has 0 radical (unpaired) electrons. The highest BCUT2D eigenvalue weighted by Crippen LogP contribution is 2.31. The van der Waals surface area contributed by atoms with Gasteiger partial charge in [-0.25, -0.2) is 8.42 Å². The molecule has 1 heterocycles. The average molecular weight is 276 g/mol. The Bertz CT molecular complexity index is 421. The van der Waals surface area contributed by atoms with Gasteiger partial charge >= 0.3 is 0 Å². The Balaban J connectivity index is 2.86. The highest BCUT2D eigenvalue weighted by molar-refractivity contribution is 7.91. The molecule has 2 N–H and O–H groups in total. The van der Waals surface area contributed by atoms with Crippen molar-refractivity contribution in [3.05, 3.63) is 0 Å². The molecule has 5 nitrogen and oxygen atoms in total. The van der Waals surface area contributed by atoms with Gasteiger partial charge in [-0.3, -0.25) is 4.79 Å². The molecule has 0 bridgehead atoms. The Kier molecular flexibility index (Phi) is 4.13. The number of nitrogens with zero attached hydrogens (tertiary/aromatic N) is 1. The van der Waals surface area contributed by atoms with E-state index in [2.05, 4.69) is 0 Å². The lowest BCUT2D eigenvalue weighted by atomic mass is 9.74. The van der Waals surface area contributed by atoms with Crippen LogP contribution in [0.3, 0.4) is 0 Å². The first kappa shape index (κ1) is 15.4. The van der Waals surface area contributed by atoms with Crippen molar-refractivity contribution in [2.75, 3.05) is 24.6 Å². The minimum Gasteiger partial charge on any atom is -0.341 e. The van der Waals surface area contributed by atoms with Crippen LogP contribution in [-0.2, 0) is 14.6 Å². The molecule has 1 aliphatic heterocycles. The third-order valence-corrected chi connectivity index (χ3v) is 5.70. The van der Waals surface area contributed by atoms with Crippen LogP contribution in [0.1, 0.15) is 34.1 Å². The molecule has 1 fully saturated rings. The lowest BCUT2D eigenvalue weighted by molar-refractivity contribution is -0.143. The van der Waals surface area contributed by atoms with E-state index in [1.165, 1.54) is 0 Å². The predicted molar refractivity (Wildman–Crippen MR) is 71.9 cm³/mol. The molecule has 106 valence electrons. The Hall–Kier alpha value is -0.620. The highest BCUT2D eigenvalue weighted by Gasteiger charge is 2.43. The summed E-state index contributed by atoms with van der Waals surface area (Å²) in [7, 11) is -2.99. The maximum Gasteiger partial charge on any atom is 0.230 e. The van der Waals surface area contributed by atoms with Crippen molar-refractivity contribution in [2.24, 2.45) is 11.1 Å². The quantitative estimate of drug-likeness (QED) is 0.791. The summed E-state index contributed by atoms with van der Waals surface area (Å²) in [4.78, 5) is 14.1. The second-order valence-electron chi connectivity index (χ2n) is 6.14. The first-order valence-corrected chi connectivity index (χ1v) is 8.08. The van der Waals surface area contributed by atoms with E-state index in [1.54, 1.807) is 4.90 Å². The molecule has 0 aromatic rings. The lowest BCUT2D eigenvalue weighted by Gasteiger charge is -2.40. The molecular formula is C12H24N2O3S. The van der Waals surface area contributed by atoms with Crippen molar-refractivity contribution < 1.29 is 13.2 Å². The number of hydrogen-bond donors (Lipinski definition) is 1. The zero-order valence-electron chi connectivity index (χ0n) is 11.7. The first-order chi connectivity index (χ1) is 7.97. The first-order valence-electron chi connectivity index (χ1n) is 6.26. The van der Waals surface area contributed by atoms with Crippen LogP contribution in [-0.4, -0.2) is 49.4 Å². The van der Waals surface area contributed by atoms with Gasteiger partial charge in [-0.2, -0.15) is 0 Å². The van der Waals surface area contributed by atoms with Crippen LogP contribution in [0.25, 0.3) is 0 Å². The lowest BCUT2D eigenvalue weighted by Crippen LogP contribution is -2.56. The van der Waals surface area contributed by atoms with Gasteiger partial charge in [0.15, 0.2) is 9.84 Å². The molecule has 0 unspecified atom stereocenters. The molecule has 1 amide bonds. The third-order valence-electron chi connectivity index (χ3n) is 3.99. The van der Waals surface area contributed by atoms with Gasteiger partial charge in [0, 0.05) is 18.6 Å². The van der Waals surface area contributed by atoms with Gasteiger partial charge in [0.25, 0.3) is 0 Å². The normalized spacial score (nSPS) is 21.5. The van der Waals surface area contributed by atoms with Gasteiger partial charge < -0.3 is 10.6 Å². The van der Waals surface area contributed by atoms with Crippen LogP contribution in [0.15, 0.2) is 0 Å². The van der Waals surface area contributed by atoms with Gasteiger partial charge in [-0.05, 0) is 34.1 Å². The maximum atomic E-state index is 12.5. The molecule has 0 atom stereocenters. The minimum absolute atomic E-state index is 0.0554. The molecular weight excluding hydrogens is 252 g/mol. The number of sulfone groups is 1. The van der Waals surface area contributed by atoms with Crippen molar-refractivity contribution in [2.45, 2.75) is 39.7 Å². The number of rotatable bonds is 2. The number of amides is 1. The van der Waals surface area contributed by atoms with Gasteiger partial charge in [-0.1, -0.05) is 0 Å². The van der Waals surface area contributed by atoms with E-state index >= 15 is 0 Å². The molecule has 6 heteroatoms.